The Labute approximate surface area is 103 Å². The predicted molar refractivity (Wildman–Crippen MR) is 71.0 cm³/mol. The topological polar surface area (TPSA) is 15.3 Å². The van der Waals surface area contributed by atoms with Crippen LogP contribution in [0.1, 0.15) is 37.1 Å². The first-order valence-corrected chi connectivity index (χ1v) is 7.00. The van der Waals surface area contributed by atoms with Crippen LogP contribution in [-0.4, -0.2) is 31.1 Å². The Bertz CT molecular complexity index is 308. The molecule has 3 atom stereocenters. The van der Waals surface area contributed by atoms with Crippen molar-refractivity contribution in [3.05, 3.63) is 22.4 Å². The van der Waals surface area contributed by atoms with Gasteiger partial charge in [-0.3, -0.25) is 0 Å². The summed E-state index contributed by atoms with van der Waals surface area (Å²) < 4.78 is 0. The van der Waals surface area contributed by atoms with Crippen molar-refractivity contribution in [3.8, 4) is 0 Å². The molecular formula is C13H22N2S. The molecule has 0 saturated heterocycles. The van der Waals surface area contributed by atoms with Crippen molar-refractivity contribution in [1.29, 1.82) is 0 Å². The molecule has 1 aromatic heterocycles. The van der Waals surface area contributed by atoms with Gasteiger partial charge >= 0.3 is 0 Å². The molecule has 90 valence electrons. The quantitative estimate of drug-likeness (QED) is 0.867. The minimum Gasteiger partial charge on any atom is -0.307 e. The summed E-state index contributed by atoms with van der Waals surface area (Å²) in [6.45, 7) is 2.27. The number of hydrogen-bond donors (Lipinski definition) is 1. The normalized spacial score (nSPS) is 27.5. The Morgan fingerprint density at radius 1 is 1.44 bits per heavy atom. The van der Waals surface area contributed by atoms with Crippen LogP contribution in [0.25, 0.3) is 0 Å². The third kappa shape index (κ3) is 2.84. The van der Waals surface area contributed by atoms with Crippen molar-refractivity contribution in [2.24, 2.45) is 0 Å². The van der Waals surface area contributed by atoms with Gasteiger partial charge in [-0.05, 0) is 51.7 Å². The summed E-state index contributed by atoms with van der Waals surface area (Å²) in [4.78, 5) is 3.81. The highest BCUT2D eigenvalue weighted by atomic mass is 32.1. The van der Waals surface area contributed by atoms with Gasteiger partial charge in [-0.2, -0.15) is 0 Å². The van der Waals surface area contributed by atoms with Crippen molar-refractivity contribution < 1.29 is 0 Å². The minimum atomic E-state index is 0.505. The average molecular weight is 238 g/mol. The molecule has 0 spiro atoms. The fourth-order valence-electron chi connectivity index (χ4n) is 2.55. The lowest BCUT2D eigenvalue weighted by molar-refractivity contribution is 0.291. The average Bonchev–Trinajstić information content (AvgIpc) is 2.87. The van der Waals surface area contributed by atoms with Gasteiger partial charge in [-0.25, -0.2) is 0 Å². The zero-order valence-electron chi connectivity index (χ0n) is 10.4. The van der Waals surface area contributed by atoms with Gasteiger partial charge in [0.05, 0.1) is 0 Å². The molecule has 3 unspecified atom stereocenters. The molecular weight excluding hydrogens is 216 g/mol. The van der Waals surface area contributed by atoms with E-state index in [9.17, 15) is 0 Å². The van der Waals surface area contributed by atoms with E-state index < -0.39 is 0 Å². The molecule has 0 radical (unpaired) electrons. The lowest BCUT2D eigenvalue weighted by Crippen LogP contribution is -2.32. The summed E-state index contributed by atoms with van der Waals surface area (Å²) in [5.74, 6) is 0. The summed E-state index contributed by atoms with van der Waals surface area (Å²) in [6.07, 6.45) is 3.95. The SMILES string of the molecule is CC(NC1CCC(N(C)C)C1)c1cccs1. The Hall–Kier alpha value is -0.380. The van der Waals surface area contributed by atoms with Crippen LogP contribution in [0, 0.1) is 0 Å². The smallest absolute Gasteiger partial charge is 0.0388 e. The van der Waals surface area contributed by atoms with E-state index in [-0.39, 0.29) is 0 Å². The molecule has 2 nitrogen and oxygen atoms in total. The second-order valence-corrected chi connectivity index (χ2v) is 6.01. The summed E-state index contributed by atoms with van der Waals surface area (Å²) in [5, 5.41) is 5.91. The molecule has 1 saturated carbocycles. The third-order valence-corrected chi connectivity index (χ3v) is 4.65. The van der Waals surface area contributed by atoms with Crippen LogP contribution >= 0.6 is 11.3 Å². The van der Waals surface area contributed by atoms with Gasteiger partial charge in [0.2, 0.25) is 0 Å². The maximum atomic E-state index is 3.75. The fourth-order valence-corrected chi connectivity index (χ4v) is 3.30. The standard InChI is InChI=1S/C13H22N2S/c1-10(13-5-4-8-16-13)14-11-6-7-12(9-11)15(2)3/h4-5,8,10-12,14H,6-7,9H2,1-3H3. The lowest BCUT2D eigenvalue weighted by Gasteiger charge is -2.21. The van der Waals surface area contributed by atoms with Crippen LogP contribution < -0.4 is 5.32 Å². The molecule has 16 heavy (non-hydrogen) atoms. The predicted octanol–water partition coefficient (Wildman–Crippen LogP) is 2.88. The van der Waals surface area contributed by atoms with Crippen molar-refractivity contribution in [2.75, 3.05) is 14.1 Å². The number of hydrogen-bond acceptors (Lipinski definition) is 3. The fraction of sp³-hybridized carbons (Fsp3) is 0.692. The first-order valence-electron chi connectivity index (χ1n) is 6.12. The largest absolute Gasteiger partial charge is 0.307 e. The van der Waals surface area contributed by atoms with Crippen molar-refractivity contribution in [1.82, 2.24) is 10.2 Å². The summed E-state index contributed by atoms with van der Waals surface area (Å²) in [7, 11) is 4.38. The molecule has 0 aliphatic heterocycles. The Morgan fingerprint density at radius 3 is 2.81 bits per heavy atom. The van der Waals surface area contributed by atoms with E-state index in [2.05, 4.69) is 48.7 Å². The lowest BCUT2D eigenvalue weighted by atomic mass is 10.2. The first-order chi connectivity index (χ1) is 7.66. The number of thiophene rings is 1. The molecule has 1 aliphatic rings. The van der Waals surface area contributed by atoms with Crippen LogP contribution in [-0.2, 0) is 0 Å². The maximum absolute atomic E-state index is 3.75. The molecule has 1 aliphatic carbocycles. The highest BCUT2D eigenvalue weighted by Crippen LogP contribution is 2.26. The van der Waals surface area contributed by atoms with Gasteiger partial charge in [-0.15, -0.1) is 11.3 Å². The second kappa shape index (κ2) is 5.30. The van der Waals surface area contributed by atoms with E-state index in [0.717, 1.165) is 6.04 Å². The summed E-state index contributed by atoms with van der Waals surface area (Å²) in [6, 6.07) is 6.33. The number of nitrogens with one attached hydrogen (secondary N) is 1. The highest BCUT2D eigenvalue weighted by molar-refractivity contribution is 7.10. The first kappa shape index (κ1) is 12.1. The summed E-state index contributed by atoms with van der Waals surface area (Å²) in [5.41, 5.74) is 0. The van der Waals surface area contributed by atoms with Crippen LogP contribution in [0.3, 0.4) is 0 Å². The highest BCUT2D eigenvalue weighted by Gasteiger charge is 2.26. The third-order valence-electron chi connectivity index (χ3n) is 3.59. The van der Waals surface area contributed by atoms with E-state index in [1.54, 1.807) is 0 Å². The van der Waals surface area contributed by atoms with Crippen LogP contribution in [0.15, 0.2) is 17.5 Å². The molecule has 2 rings (SSSR count). The van der Waals surface area contributed by atoms with Gasteiger partial charge in [0, 0.05) is 23.0 Å². The van der Waals surface area contributed by atoms with Crippen LogP contribution in [0.2, 0.25) is 0 Å². The van der Waals surface area contributed by atoms with Gasteiger partial charge in [0.15, 0.2) is 0 Å². The zero-order chi connectivity index (χ0) is 11.5. The Balaban J connectivity index is 1.83. The van der Waals surface area contributed by atoms with Gasteiger partial charge in [0.25, 0.3) is 0 Å². The van der Waals surface area contributed by atoms with E-state index in [0.29, 0.717) is 12.1 Å². The zero-order valence-corrected chi connectivity index (χ0v) is 11.3. The molecule has 1 fully saturated rings. The molecule has 1 N–H and O–H groups in total. The second-order valence-electron chi connectivity index (χ2n) is 5.03. The van der Waals surface area contributed by atoms with E-state index >= 15 is 0 Å². The molecule has 0 bridgehead atoms. The molecule has 0 amide bonds. The van der Waals surface area contributed by atoms with E-state index in [1.807, 2.05) is 11.3 Å². The number of rotatable bonds is 4. The van der Waals surface area contributed by atoms with Crippen molar-refractivity contribution in [3.63, 3.8) is 0 Å². The van der Waals surface area contributed by atoms with Gasteiger partial charge < -0.3 is 10.2 Å². The molecule has 1 heterocycles. The molecule has 3 heteroatoms. The van der Waals surface area contributed by atoms with E-state index in [4.69, 9.17) is 0 Å². The number of nitrogens with zero attached hydrogens (tertiary/aromatic N) is 1. The van der Waals surface area contributed by atoms with Gasteiger partial charge in [0.1, 0.15) is 0 Å². The summed E-state index contributed by atoms with van der Waals surface area (Å²) >= 11 is 1.85. The van der Waals surface area contributed by atoms with Gasteiger partial charge in [-0.1, -0.05) is 6.07 Å². The van der Waals surface area contributed by atoms with Crippen LogP contribution in [0.5, 0.6) is 0 Å². The maximum Gasteiger partial charge on any atom is 0.0388 e. The van der Waals surface area contributed by atoms with E-state index in [1.165, 1.54) is 24.1 Å². The molecule has 0 aromatic carbocycles. The van der Waals surface area contributed by atoms with Crippen molar-refractivity contribution in [2.45, 2.75) is 44.3 Å². The Kier molecular flexibility index (Phi) is 4.00. The minimum absolute atomic E-state index is 0.505. The van der Waals surface area contributed by atoms with Crippen molar-refractivity contribution >= 4 is 11.3 Å². The molecule has 1 aromatic rings. The van der Waals surface area contributed by atoms with Crippen LogP contribution in [0.4, 0.5) is 0 Å². The monoisotopic (exact) mass is 238 g/mol. The Morgan fingerprint density at radius 2 is 2.25 bits per heavy atom.